The molecule has 6 heteroatoms. The molecule has 0 fully saturated rings. The van der Waals surface area contributed by atoms with Crippen LogP contribution >= 0.6 is 0 Å². The van der Waals surface area contributed by atoms with Gasteiger partial charge < -0.3 is 19.7 Å². The van der Waals surface area contributed by atoms with Crippen molar-refractivity contribution in [3.63, 3.8) is 0 Å². The largest absolute Gasteiger partial charge is 0.496 e. The Hall–Kier alpha value is -2.08. The first kappa shape index (κ1) is 12.9. The number of hydrogen-bond donors (Lipinski definition) is 1. The smallest absolute Gasteiger partial charge is 0.240 e. The lowest BCUT2D eigenvalue weighted by molar-refractivity contribution is 0.379. The molecule has 6 nitrogen and oxygen atoms in total. The van der Waals surface area contributed by atoms with E-state index in [1.165, 1.54) is 11.1 Å². The molecule has 1 aliphatic rings. The second-order valence-electron chi connectivity index (χ2n) is 4.69. The maximum Gasteiger partial charge on any atom is 0.240 e. The van der Waals surface area contributed by atoms with Crippen molar-refractivity contribution in [3.8, 4) is 22.9 Å². The van der Waals surface area contributed by atoms with Crippen molar-refractivity contribution >= 4 is 0 Å². The van der Waals surface area contributed by atoms with E-state index in [9.17, 15) is 0 Å². The minimum absolute atomic E-state index is 0.220. The second-order valence-corrected chi connectivity index (χ2v) is 4.69. The molecule has 0 amide bonds. The van der Waals surface area contributed by atoms with E-state index in [0.717, 1.165) is 36.3 Å². The van der Waals surface area contributed by atoms with Crippen LogP contribution in [0.5, 0.6) is 11.5 Å². The van der Waals surface area contributed by atoms with Gasteiger partial charge in [0.25, 0.3) is 0 Å². The van der Waals surface area contributed by atoms with Gasteiger partial charge >= 0.3 is 0 Å². The third-order valence-electron chi connectivity index (χ3n) is 3.62. The predicted molar refractivity (Wildman–Crippen MR) is 72.8 cm³/mol. The molecule has 0 saturated heterocycles. The van der Waals surface area contributed by atoms with Crippen LogP contribution in [-0.2, 0) is 19.4 Å². The molecule has 0 radical (unpaired) electrons. The number of ether oxygens (including phenoxy) is 2. The van der Waals surface area contributed by atoms with E-state index in [0.29, 0.717) is 11.7 Å². The Morgan fingerprint density at radius 1 is 1.25 bits per heavy atom. The molecule has 0 atom stereocenters. The topological polar surface area (TPSA) is 83.4 Å². The van der Waals surface area contributed by atoms with Crippen LogP contribution in [0.25, 0.3) is 11.4 Å². The zero-order valence-corrected chi connectivity index (χ0v) is 11.6. The Kier molecular flexibility index (Phi) is 3.31. The molecule has 106 valence electrons. The van der Waals surface area contributed by atoms with Crippen molar-refractivity contribution in [2.45, 2.75) is 25.8 Å². The van der Waals surface area contributed by atoms with E-state index >= 15 is 0 Å². The lowest BCUT2D eigenvalue weighted by Crippen LogP contribution is -1.99. The number of benzene rings is 1. The highest BCUT2D eigenvalue weighted by Crippen LogP contribution is 2.43. The Labute approximate surface area is 116 Å². The first-order valence-corrected chi connectivity index (χ1v) is 6.58. The molecular formula is C14H17N3O3. The lowest BCUT2D eigenvalue weighted by atomic mass is 10.0. The number of rotatable bonds is 4. The normalized spacial score (nSPS) is 13.3. The van der Waals surface area contributed by atoms with E-state index in [1.807, 2.05) is 6.07 Å². The fourth-order valence-corrected chi connectivity index (χ4v) is 2.74. The maximum absolute atomic E-state index is 5.58. The van der Waals surface area contributed by atoms with Gasteiger partial charge in [-0.25, -0.2) is 0 Å². The van der Waals surface area contributed by atoms with Crippen LogP contribution in [0.1, 0.15) is 23.4 Å². The standard InChI is InChI=1S/C14H17N3O3/c1-18-11-6-10(14-16-12(7-15)20-17-14)13(19-2)9-5-3-4-8(9)11/h6H,3-5,7,15H2,1-2H3. The molecule has 2 aromatic rings. The molecule has 0 saturated carbocycles. The Morgan fingerprint density at radius 3 is 2.70 bits per heavy atom. The van der Waals surface area contributed by atoms with Crippen molar-refractivity contribution < 1.29 is 14.0 Å². The number of methoxy groups -OCH3 is 2. The summed E-state index contributed by atoms with van der Waals surface area (Å²) < 4.78 is 16.1. The molecule has 0 aliphatic heterocycles. The summed E-state index contributed by atoms with van der Waals surface area (Å²) in [5.74, 6) is 2.55. The first-order valence-electron chi connectivity index (χ1n) is 6.58. The van der Waals surface area contributed by atoms with Crippen LogP contribution < -0.4 is 15.2 Å². The summed E-state index contributed by atoms with van der Waals surface area (Å²) in [5, 5.41) is 3.97. The van der Waals surface area contributed by atoms with Gasteiger partial charge in [0.05, 0.1) is 26.3 Å². The van der Waals surface area contributed by atoms with E-state index in [4.69, 9.17) is 19.7 Å². The Balaban J connectivity index is 2.19. The van der Waals surface area contributed by atoms with Crippen molar-refractivity contribution in [1.29, 1.82) is 0 Å². The molecule has 0 spiro atoms. The van der Waals surface area contributed by atoms with Gasteiger partial charge in [-0.3, -0.25) is 0 Å². The van der Waals surface area contributed by atoms with Gasteiger partial charge in [-0.1, -0.05) is 5.16 Å². The highest BCUT2D eigenvalue weighted by atomic mass is 16.5. The summed E-state index contributed by atoms with van der Waals surface area (Å²) in [6.45, 7) is 0.220. The summed E-state index contributed by atoms with van der Waals surface area (Å²) in [5.41, 5.74) is 8.69. The van der Waals surface area contributed by atoms with Crippen molar-refractivity contribution in [3.05, 3.63) is 23.1 Å². The molecule has 2 N–H and O–H groups in total. The van der Waals surface area contributed by atoms with Crippen LogP contribution in [0, 0.1) is 0 Å². The molecule has 20 heavy (non-hydrogen) atoms. The minimum Gasteiger partial charge on any atom is -0.496 e. The van der Waals surface area contributed by atoms with E-state index in [-0.39, 0.29) is 6.54 Å². The van der Waals surface area contributed by atoms with Crippen LogP contribution in [0.15, 0.2) is 10.6 Å². The Morgan fingerprint density at radius 2 is 2.05 bits per heavy atom. The van der Waals surface area contributed by atoms with Gasteiger partial charge in [0.1, 0.15) is 11.5 Å². The van der Waals surface area contributed by atoms with Gasteiger partial charge in [-0.05, 0) is 25.3 Å². The van der Waals surface area contributed by atoms with Gasteiger partial charge in [-0.15, -0.1) is 0 Å². The monoisotopic (exact) mass is 275 g/mol. The van der Waals surface area contributed by atoms with Crippen LogP contribution in [0.3, 0.4) is 0 Å². The lowest BCUT2D eigenvalue weighted by Gasteiger charge is -2.14. The summed E-state index contributed by atoms with van der Waals surface area (Å²) in [7, 11) is 3.33. The van der Waals surface area contributed by atoms with E-state index in [2.05, 4.69) is 10.1 Å². The van der Waals surface area contributed by atoms with Crippen molar-refractivity contribution in [1.82, 2.24) is 10.1 Å². The number of nitrogens with zero attached hydrogens (tertiary/aromatic N) is 2. The first-order chi connectivity index (χ1) is 9.78. The van der Waals surface area contributed by atoms with Gasteiger partial charge in [0, 0.05) is 11.1 Å². The average molecular weight is 275 g/mol. The van der Waals surface area contributed by atoms with Crippen molar-refractivity contribution in [2.75, 3.05) is 14.2 Å². The van der Waals surface area contributed by atoms with Crippen molar-refractivity contribution in [2.24, 2.45) is 5.73 Å². The number of hydrogen-bond acceptors (Lipinski definition) is 6. The van der Waals surface area contributed by atoms with E-state index in [1.54, 1.807) is 14.2 Å². The highest BCUT2D eigenvalue weighted by molar-refractivity contribution is 5.72. The second kappa shape index (κ2) is 5.13. The zero-order chi connectivity index (χ0) is 14.1. The summed E-state index contributed by atoms with van der Waals surface area (Å²) in [4.78, 5) is 4.27. The molecular weight excluding hydrogens is 258 g/mol. The molecule has 3 rings (SSSR count). The van der Waals surface area contributed by atoms with E-state index < -0.39 is 0 Å². The third-order valence-corrected chi connectivity index (χ3v) is 3.62. The fraction of sp³-hybridized carbons (Fsp3) is 0.429. The molecule has 1 heterocycles. The maximum atomic E-state index is 5.58. The summed E-state index contributed by atoms with van der Waals surface area (Å²) >= 11 is 0. The van der Waals surface area contributed by atoms with Crippen LogP contribution in [0.4, 0.5) is 0 Å². The SMILES string of the molecule is COc1cc(-c2noc(CN)n2)c(OC)c2c1CCC2. The molecule has 0 bridgehead atoms. The summed E-state index contributed by atoms with van der Waals surface area (Å²) in [6, 6.07) is 1.91. The highest BCUT2D eigenvalue weighted by Gasteiger charge is 2.25. The number of fused-ring (bicyclic) bond motifs is 1. The third kappa shape index (κ3) is 1.92. The van der Waals surface area contributed by atoms with Crippen LogP contribution in [-0.4, -0.2) is 24.4 Å². The molecule has 1 aliphatic carbocycles. The minimum atomic E-state index is 0.220. The number of nitrogens with two attached hydrogens (primary N) is 1. The predicted octanol–water partition coefficient (Wildman–Crippen LogP) is 1.70. The Bertz CT molecular complexity index is 637. The van der Waals surface area contributed by atoms with Crippen LogP contribution in [0.2, 0.25) is 0 Å². The van der Waals surface area contributed by atoms with Gasteiger partial charge in [0.2, 0.25) is 11.7 Å². The quantitative estimate of drug-likeness (QED) is 0.914. The molecule has 1 aromatic heterocycles. The molecule has 0 unspecified atom stereocenters. The fourth-order valence-electron chi connectivity index (χ4n) is 2.74. The average Bonchev–Trinajstić information content (AvgIpc) is 3.13. The zero-order valence-electron chi connectivity index (χ0n) is 11.6. The summed E-state index contributed by atoms with van der Waals surface area (Å²) in [6.07, 6.45) is 3.09. The molecule has 1 aromatic carbocycles. The van der Waals surface area contributed by atoms with Gasteiger partial charge in [0.15, 0.2) is 0 Å². The van der Waals surface area contributed by atoms with Gasteiger partial charge in [-0.2, -0.15) is 4.98 Å². The number of aromatic nitrogens is 2.